The fourth-order valence-electron chi connectivity index (χ4n) is 4.21. The minimum Gasteiger partial charge on any atom is -0.447 e. The van der Waals surface area contributed by atoms with Crippen molar-refractivity contribution in [2.75, 3.05) is 6.61 Å². The highest BCUT2D eigenvalue weighted by Crippen LogP contribution is 2.42. The maximum atomic E-state index is 11.3. The molecule has 3 heteroatoms. The fraction of sp³-hybridized carbons (Fsp3) is 0.667. The Hall–Kier alpha value is -1.51. The third-order valence-electron chi connectivity index (χ3n) is 5.73. The zero-order valence-electron chi connectivity index (χ0n) is 15.0. The molecule has 1 aromatic carbocycles. The van der Waals surface area contributed by atoms with Crippen LogP contribution in [0.5, 0.6) is 0 Å². The first kappa shape index (κ1) is 17.3. The smallest absolute Gasteiger partial charge is 0.407 e. The highest BCUT2D eigenvalue weighted by Gasteiger charge is 2.45. The van der Waals surface area contributed by atoms with Gasteiger partial charge in [-0.1, -0.05) is 63.3 Å². The number of unbranched alkanes of at least 4 members (excludes halogenated alkanes) is 5. The number of aryl methyl sites for hydroxylation is 1. The first-order valence-electron chi connectivity index (χ1n) is 9.74. The van der Waals surface area contributed by atoms with Crippen LogP contribution in [0.2, 0.25) is 0 Å². The summed E-state index contributed by atoms with van der Waals surface area (Å²) in [6.45, 7) is 2.81. The van der Waals surface area contributed by atoms with Crippen LogP contribution in [-0.4, -0.2) is 18.2 Å². The second-order valence-electron chi connectivity index (χ2n) is 7.68. The van der Waals surface area contributed by atoms with E-state index in [0.717, 1.165) is 19.3 Å². The summed E-state index contributed by atoms with van der Waals surface area (Å²) in [7, 11) is 0. The molecule has 1 spiro atoms. The Morgan fingerprint density at radius 2 is 1.88 bits per heavy atom. The van der Waals surface area contributed by atoms with E-state index in [1.165, 1.54) is 56.1 Å². The van der Waals surface area contributed by atoms with Crippen LogP contribution >= 0.6 is 0 Å². The van der Waals surface area contributed by atoms with Crippen LogP contribution in [0.3, 0.4) is 0 Å². The Balaban J connectivity index is 1.44. The third kappa shape index (κ3) is 4.31. The van der Waals surface area contributed by atoms with Crippen molar-refractivity contribution in [2.45, 2.75) is 82.6 Å². The standard InChI is InChI=1S/C21H31NO2/c1-2-3-4-5-6-7-8-17-9-11-18(12-10-17)19-13-14-21(15-19)16-24-20(23)22-21/h9-12,19H,2-8,13-16H2,1H3,(H,22,23)/t19-,21-/m1/s1. The lowest BCUT2D eigenvalue weighted by molar-refractivity contribution is 0.172. The number of hydrogen-bond acceptors (Lipinski definition) is 2. The van der Waals surface area contributed by atoms with Crippen molar-refractivity contribution in [3.63, 3.8) is 0 Å². The SMILES string of the molecule is CCCCCCCCc1ccc([C@@H]2CC[C@]3(COC(=O)N3)C2)cc1. The lowest BCUT2D eigenvalue weighted by Gasteiger charge is -2.20. The molecule has 1 amide bonds. The molecule has 0 bridgehead atoms. The van der Waals surface area contributed by atoms with Gasteiger partial charge in [0.25, 0.3) is 0 Å². The molecule has 0 unspecified atom stereocenters. The molecule has 132 valence electrons. The molecule has 1 aromatic rings. The van der Waals surface area contributed by atoms with Crippen LogP contribution in [-0.2, 0) is 11.2 Å². The Labute approximate surface area is 146 Å². The molecule has 2 fully saturated rings. The molecule has 2 aliphatic rings. The number of alkyl carbamates (subject to hydrolysis) is 1. The van der Waals surface area contributed by atoms with E-state index in [1.807, 2.05) is 0 Å². The van der Waals surface area contributed by atoms with Gasteiger partial charge >= 0.3 is 6.09 Å². The monoisotopic (exact) mass is 329 g/mol. The topological polar surface area (TPSA) is 38.3 Å². The maximum absolute atomic E-state index is 11.3. The summed E-state index contributed by atoms with van der Waals surface area (Å²) in [6.07, 6.45) is 12.3. The third-order valence-corrected chi connectivity index (χ3v) is 5.73. The molecule has 1 aliphatic heterocycles. The molecular weight excluding hydrogens is 298 g/mol. The molecule has 1 saturated heterocycles. The summed E-state index contributed by atoms with van der Waals surface area (Å²) in [5.41, 5.74) is 2.78. The van der Waals surface area contributed by atoms with Crippen molar-refractivity contribution in [3.05, 3.63) is 35.4 Å². The van der Waals surface area contributed by atoms with Gasteiger partial charge in [0.2, 0.25) is 0 Å². The lowest BCUT2D eigenvalue weighted by atomic mass is 9.92. The normalized spacial score (nSPS) is 25.9. The Morgan fingerprint density at radius 1 is 1.12 bits per heavy atom. The van der Waals surface area contributed by atoms with Gasteiger partial charge in [-0.15, -0.1) is 0 Å². The van der Waals surface area contributed by atoms with E-state index in [2.05, 4.69) is 36.5 Å². The van der Waals surface area contributed by atoms with Gasteiger partial charge in [-0.2, -0.15) is 0 Å². The number of nitrogens with one attached hydrogen (secondary N) is 1. The van der Waals surface area contributed by atoms with Gasteiger partial charge in [-0.05, 0) is 49.1 Å². The summed E-state index contributed by atoms with van der Waals surface area (Å²) >= 11 is 0. The number of rotatable bonds is 8. The van der Waals surface area contributed by atoms with E-state index >= 15 is 0 Å². The summed E-state index contributed by atoms with van der Waals surface area (Å²) in [4.78, 5) is 11.3. The fourth-order valence-corrected chi connectivity index (χ4v) is 4.21. The van der Waals surface area contributed by atoms with E-state index in [0.29, 0.717) is 12.5 Å². The first-order chi connectivity index (χ1) is 11.7. The molecule has 1 N–H and O–H groups in total. The summed E-state index contributed by atoms with van der Waals surface area (Å²) < 4.78 is 5.12. The van der Waals surface area contributed by atoms with Crippen LogP contribution in [0.1, 0.15) is 81.8 Å². The molecule has 1 aliphatic carbocycles. The van der Waals surface area contributed by atoms with Crippen molar-refractivity contribution < 1.29 is 9.53 Å². The maximum Gasteiger partial charge on any atom is 0.407 e. The average Bonchev–Trinajstić information content (AvgIpc) is 3.18. The number of ether oxygens (including phenoxy) is 1. The minimum atomic E-state index is -0.245. The van der Waals surface area contributed by atoms with E-state index in [1.54, 1.807) is 0 Å². The summed E-state index contributed by atoms with van der Waals surface area (Å²) in [6, 6.07) is 9.20. The van der Waals surface area contributed by atoms with Crippen LogP contribution in [0.25, 0.3) is 0 Å². The van der Waals surface area contributed by atoms with Crippen molar-refractivity contribution >= 4 is 6.09 Å². The lowest BCUT2D eigenvalue weighted by Crippen LogP contribution is -2.40. The molecule has 0 aromatic heterocycles. The number of cyclic esters (lactones) is 1. The molecular formula is C21H31NO2. The first-order valence-corrected chi connectivity index (χ1v) is 9.74. The quantitative estimate of drug-likeness (QED) is 0.654. The highest BCUT2D eigenvalue weighted by molar-refractivity contribution is 5.70. The largest absolute Gasteiger partial charge is 0.447 e. The second kappa shape index (κ2) is 8.04. The van der Waals surface area contributed by atoms with E-state index in [9.17, 15) is 4.79 Å². The van der Waals surface area contributed by atoms with E-state index in [-0.39, 0.29) is 11.6 Å². The van der Waals surface area contributed by atoms with E-state index < -0.39 is 0 Å². The average molecular weight is 329 g/mol. The van der Waals surface area contributed by atoms with Crippen LogP contribution in [0.4, 0.5) is 4.79 Å². The van der Waals surface area contributed by atoms with Gasteiger partial charge in [-0.3, -0.25) is 0 Å². The van der Waals surface area contributed by atoms with Crippen molar-refractivity contribution in [2.24, 2.45) is 0 Å². The van der Waals surface area contributed by atoms with Crippen molar-refractivity contribution in [1.82, 2.24) is 5.32 Å². The van der Waals surface area contributed by atoms with Gasteiger partial charge in [-0.25, -0.2) is 4.79 Å². The number of carbonyl (C=O) groups excluding carboxylic acids is 1. The number of carbonyl (C=O) groups is 1. The van der Waals surface area contributed by atoms with Gasteiger partial charge in [0.05, 0.1) is 5.54 Å². The number of benzene rings is 1. The summed E-state index contributed by atoms with van der Waals surface area (Å²) in [5.74, 6) is 0.551. The van der Waals surface area contributed by atoms with Gasteiger partial charge < -0.3 is 10.1 Å². The second-order valence-corrected chi connectivity index (χ2v) is 7.68. The van der Waals surface area contributed by atoms with Crippen LogP contribution in [0, 0.1) is 0 Å². The summed E-state index contributed by atoms with van der Waals surface area (Å²) in [5, 5.41) is 3.03. The van der Waals surface area contributed by atoms with Crippen LogP contribution in [0.15, 0.2) is 24.3 Å². The Kier molecular flexibility index (Phi) is 5.80. The van der Waals surface area contributed by atoms with Crippen molar-refractivity contribution in [1.29, 1.82) is 0 Å². The van der Waals surface area contributed by atoms with Crippen molar-refractivity contribution in [3.8, 4) is 0 Å². The molecule has 0 radical (unpaired) electrons. The molecule has 1 heterocycles. The zero-order chi connectivity index (χ0) is 16.8. The zero-order valence-corrected chi connectivity index (χ0v) is 15.0. The van der Waals surface area contributed by atoms with Gasteiger partial charge in [0.1, 0.15) is 6.61 Å². The number of hydrogen-bond donors (Lipinski definition) is 1. The van der Waals surface area contributed by atoms with Gasteiger partial charge in [0.15, 0.2) is 0 Å². The number of amides is 1. The Morgan fingerprint density at radius 3 is 2.58 bits per heavy atom. The molecule has 24 heavy (non-hydrogen) atoms. The predicted molar refractivity (Wildman–Crippen MR) is 97.3 cm³/mol. The van der Waals surface area contributed by atoms with E-state index in [4.69, 9.17) is 4.74 Å². The Bertz CT molecular complexity index is 539. The molecule has 1 saturated carbocycles. The minimum absolute atomic E-state index is 0.0983. The molecule has 3 nitrogen and oxygen atoms in total. The highest BCUT2D eigenvalue weighted by atomic mass is 16.6. The molecule has 3 rings (SSSR count). The predicted octanol–water partition coefficient (Wildman–Crippen LogP) is 5.34. The van der Waals surface area contributed by atoms with Crippen LogP contribution < -0.4 is 5.32 Å². The molecule has 2 atom stereocenters. The van der Waals surface area contributed by atoms with Gasteiger partial charge in [0, 0.05) is 0 Å².